The smallest absolute Gasteiger partial charge is 0.125 e. The van der Waals surface area contributed by atoms with Crippen LogP contribution in [0.1, 0.15) is 17.0 Å². The van der Waals surface area contributed by atoms with Gasteiger partial charge in [-0.25, -0.2) is 0 Å². The molecule has 0 heterocycles. The Kier molecular flexibility index (Phi) is 5.02. The summed E-state index contributed by atoms with van der Waals surface area (Å²) in [5.41, 5.74) is 8.34. The van der Waals surface area contributed by atoms with Gasteiger partial charge in [0.15, 0.2) is 0 Å². The topological polar surface area (TPSA) is 44.5 Å². The summed E-state index contributed by atoms with van der Waals surface area (Å²) < 4.78 is 10.7. The maximum atomic E-state index is 5.93. The molecule has 1 unspecified atom stereocenters. The van der Waals surface area contributed by atoms with Crippen LogP contribution in [0, 0.1) is 0 Å². The lowest BCUT2D eigenvalue weighted by atomic mass is 9.91. The van der Waals surface area contributed by atoms with Gasteiger partial charge in [0.05, 0.1) is 14.2 Å². The normalized spacial score (nSPS) is 11.9. The number of ether oxygens (including phenoxy) is 2. The highest BCUT2D eigenvalue weighted by Gasteiger charge is 2.14. The molecule has 0 aliphatic rings. The Labute approximate surface area is 120 Å². The van der Waals surface area contributed by atoms with Gasteiger partial charge in [0.1, 0.15) is 11.5 Å². The predicted molar refractivity (Wildman–Crippen MR) is 81.5 cm³/mol. The van der Waals surface area contributed by atoms with Crippen molar-refractivity contribution >= 4 is 0 Å². The van der Waals surface area contributed by atoms with E-state index in [4.69, 9.17) is 15.2 Å². The quantitative estimate of drug-likeness (QED) is 0.878. The van der Waals surface area contributed by atoms with Gasteiger partial charge in [0, 0.05) is 12.0 Å². The lowest BCUT2D eigenvalue weighted by molar-refractivity contribution is 0.390. The van der Waals surface area contributed by atoms with Gasteiger partial charge in [0.2, 0.25) is 0 Å². The first-order chi connectivity index (χ1) is 9.78. The largest absolute Gasteiger partial charge is 0.497 e. The highest BCUT2D eigenvalue weighted by atomic mass is 16.5. The minimum atomic E-state index is 0.290. The average molecular weight is 271 g/mol. The highest BCUT2D eigenvalue weighted by Crippen LogP contribution is 2.29. The molecule has 0 aromatic heterocycles. The van der Waals surface area contributed by atoms with Gasteiger partial charge in [-0.1, -0.05) is 36.4 Å². The van der Waals surface area contributed by atoms with E-state index in [2.05, 4.69) is 12.1 Å². The van der Waals surface area contributed by atoms with Crippen LogP contribution in [0.2, 0.25) is 0 Å². The molecule has 0 spiro atoms. The number of methoxy groups -OCH3 is 2. The predicted octanol–water partition coefficient (Wildman–Crippen LogP) is 2.99. The van der Waals surface area contributed by atoms with Gasteiger partial charge in [-0.3, -0.25) is 0 Å². The number of hydrogen-bond acceptors (Lipinski definition) is 3. The van der Waals surface area contributed by atoms with Crippen LogP contribution in [0.3, 0.4) is 0 Å². The molecule has 3 nitrogen and oxygen atoms in total. The summed E-state index contributed by atoms with van der Waals surface area (Å²) in [7, 11) is 3.33. The average Bonchev–Trinajstić information content (AvgIpc) is 2.53. The molecule has 106 valence electrons. The zero-order valence-electron chi connectivity index (χ0n) is 12.0. The first kappa shape index (κ1) is 14.4. The van der Waals surface area contributed by atoms with Crippen LogP contribution < -0.4 is 15.2 Å². The van der Waals surface area contributed by atoms with Crippen molar-refractivity contribution in [3.8, 4) is 11.5 Å². The SMILES string of the molecule is COc1ccc(CC(CN)c2ccccc2)c(OC)c1. The lowest BCUT2D eigenvalue weighted by Crippen LogP contribution is -2.15. The van der Waals surface area contributed by atoms with Crippen LogP contribution in [0.4, 0.5) is 0 Å². The molecular weight excluding hydrogens is 250 g/mol. The summed E-state index contributed by atoms with van der Waals surface area (Å²) in [4.78, 5) is 0. The minimum absolute atomic E-state index is 0.290. The van der Waals surface area contributed by atoms with Crippen molar-refractivity contribution in [2.24, 2.45) is 5.73 Å². The summed E-state index contributed by atoms with van der Waals surface area (Å²) in [6.45, 7) is 0.610. The van der Waals surface area contributed by atoms with E-state index in [1.807, 2.05) is 36.4 Å². The second-order valence-electron chi connectivity index (χ2n) is 4.73. The molecule has 2 aromatic rings. The molecule has 0 aliphatic carbocycles. The van der Waals surface area contributed by atoms with Crippen molar-refractivity contribution in [1.29, 1.82) is 0 Å². The molecule has 0 saturated carbocycles. The molecule has 0 amide bonds. The van der Waals surface area contributed by atoms with Gasteiger partial charge < -0.3 is 15.2 Å². The lowest BCUT2D eigenvalue weighted by Gasteiger charge is -2.17. The second-order valence-corrected chi connectivity index (χ2v) is 4.73. The fourth-order valence-electron chi connectivity index (χ4n) is 2.35. The minimum Gasteiger partial charge on any atom is -0.497 e. The van der Waals surface area contributed by atoms with Crippen molar-refractivity contribution in [1.82, 2.24) is 0 Å². The second kappa shape index (κ2) is 6.96. The molecule has 0 saturated heterocycles. The highest BCUT2D eigenvalue weighted by molar-refractivity contribution is 5.42. The van der Waals surface area contributed by atoms with E-state index in [9.17, 15) is 0 Å². The van der Waals surface area contributed by atoms with Crippen molar-refractivity contribution in [3.05, 3.63) is 59.7 Å². The van der Waals surface area contributed by atoms with Crippen molar-refractivity contribution in [3.63, 3.8) is 0 Å². The number of nitrogens with two attached hydrogens (primary N) is 1. The molecule has 0 radical (unpaired) electrons. The number of rotatable bonds is 6. The van der Waals surface area contributed by atoms with E-state index < -0.39 is 0 Å². The van der Waals surface area contributed by atoms with E-state index in [0.29, 0.717) is 12.5 Å². The van der Waals surface area contributed by atoms with E-state index in [0.717, 1.165) is 23.5 Å². The molecule has 2 N–H and O–H groups in total. The molecular formula is C17H21NO2. The standard InChI is InChI=1S/C17H21NO2/c1-19-16-9-8-14(17(11-16)20-2)10-15(12-18)13-6-4-3-5-7-13/h3-9,11,15H,10,12,18H2,1-2H3. The van der Waals surface area contributed by atoms with Gasteiger partial charge in [-0.2, -0.15) is 0 Å². The van der Waals surface area contributed by atoms with Crippen LogP contribution in [0.15, 0.2) is 48.5 Å². The Morgan fingerprint density at radius 1 is 1.00 bits per heavy atom. The van der Waals surface area contributed by atoms with Crippen LogP contribution in [0.25, 0.3) is 0 Å². The summed E-state index contributed by atoms with van der Waals surface area (Å²) >= 11 is 0. The Morgan fingerprint density at radius 3 is 2.35 bits per heavy atom. The summed E-state index contributed by atoms with van der Waals surface area (Å²) in [5.74, 6) is 1.94. The fraction of sp³-hybridized carbons (Fsp3) is 0.294. The van der Waals surface area contributed by atoms with Gasteiger partial charge in [0.25, 0.3) is 0 Å². The summed E-state index contributed by atoms with van der Waals surface area (Å²) in [6.07, 6.45) is 0.855. The molecule has 0 aliphatic heterocycles. The van der Waals surface area contributed by atoms with Gasteiger partial charge in [-0.05, 0) is 30.2 Å². The molecule has 2 aromatic carbocycles. The third-order valence-electron chi connectivity index (χ3n) is 3.52. The van der Waals surface area contributed by atoms with Crippen molar-refractivity contribution in [2.45, 2.75) is 12.3 Å². The summed E-state index contributed by atoms with van der Waals surface area (Å²) in [5, 5.41) is 0. The van der Waals surface area contributed by atoms with E-state index >= 15 is 0 Å². The number of hydrogen-bond donors (Lipinski definition) is 1. The fourth-order valence-corrected chi connectivity index (χ4v) is 2.35. The molecule has 3 heteroatoms. The van der Waals surface area contributed by atoms with Crippen LogP contribution in [0.5, 0.6) is 11.5 Å². The van der Waals surface area contributed by atoms with Crippen LogP contribution >= 0.6 is 0 Å². The zero-order chi connectivity index (χ0) is 14.4. The van der Waals surface area contributed by atoms with Crippen molar-refractivity contribution < 1.29 is 9.47 Å². The Balaban J connectivity index is 2.23. The maximum Gasteiger partial charge on any atom is 0.125 e. The monoisotopic (exact) mass is 271 g/mol. The van der Waals surface area contributed by atoms with E-state index in [1.54, 1.807) is 14.2 Å². The molecule has 20 heavy (non-hydrogen) atoms. The molecule has 0 fully saturated rings. The third kappa shape index (κ3) is 3.31. The Hall–Kier alpha value is -2.00. The maximum absolute atomic E-state index is 5.93. The Bertz CT molecular complexity index is 540. The zero-order valence-corrected chi connectivity index (χ0v) is 12.0. The van der Waals surface area contributed by atoms with Gasteiger partial charge >= 0.3 is 0 Å². The number of benzene rings is 2. The molecule has 0 bridgehead atoms. The first-order valence-corrected chi connectivity index (χ1v) is 6.74. The third-order valence-corrected chi connectivity index (χ3v) is 3.52. The van der Waals surface area contributed by atoms with Crippen molar-refractivity contribution in [2.75, 3.05) is 20.8 Å². The molecule has 1 atom stereocenters. The first-order valence-electron chi connectivity index (χ1n) is 6.74. The van der Waals surface area contributed by atoms with Crippen LogP contribution in [-0.4, -0.2) is 20.8 Å². The summed E-state index contributed by atoms with van der Waals surface area (Å²) in [6, 6.07) is 16.3. The molecule has 2 rings (SSSR count). The Morgan fingerprint density at radius 2 is 1.75 bits per heavy atom. The van der Waals surface area contributed by atoms with Crippen LogP contribution in [-0.2, 0) is 6.42 Å². The van der Waals surface area contributed by atoms with Gasteiger partial charge in [-0.15, -0.1) is 0 Å². The van der Waals surface area contributed by atoms with E-state index in [1.165, 1.54) is 5.56 Å². The van der Waals surface area contributed by atoms with E-state index in [-0.39, 0.29) is 0 Å².